The highest BCUT2D eigenvalue weighted by Gasteiger charge is 2.16. The van der Waals surface area contributed by atoms with Crippen LogP contribution < -0.4 is 0 Å². The zero-order valence-corrected chi connectivity index (χ0v) is 15.5. The fourth-order valence-corrected chi connectivity index (χ4v) is 3.18. The van der Waals surface area contributed by atoms with E-state index < -0.39 is 0 Å². The topological polar surface area (TPSA) is 56.6 Å². The van der Waals surface area contributed by atoms with Crippen LogP contribution in [0.3, 0.4) is 0 Å². The van der Waals surface area contributed by atoms with Gasteiger partial charge in [-0.2, -0.15) is 5.26 Å². The molecular weight excluding hydrogens is 370 g/mol. The van der Waals surface area contributed by atoms with E-state index in [0.29, 0.717) is 25.9 Å². The third-order valence-electron chi connectivity index (χ3n) is 4.15. The Morgan fingerprint density at radius 2 is 2.12 bits per heavy atom. The zero-order chi connectivity index (χ0) is 17.2. The molecule has 0 atom stereocenters. The van der Waals surface area contributed by atoms with Gasteiger partial charge in [0.25, 0.3) is 0 Å². The number of hydrogen-bond donors (Lipinski definition) is 0. The summed E-state index contributed by atoms with van der Waals surface area (Å²) in [4.78, 5) is 16.7. The molecule has 1 amide bonds. The van der Waals surface area contributed by atoms with Crippen LogP contribution in [0, 0.1) is 11.3 Å². The van der Waals surface area contributed by atoms with Crippen LogP contribution in [0.2, 0.25) is 0 Å². The fraction of sp³-hybridized carbons (Fsp3) is 0.556. The van der Waals surface area contributed by atoms with Crippen molar-refractivity contribution in [3.05, 3.63) is 34.3 Å². The summed E-state index contributed by atoms with van der Waals surface area (Å²) in [6.07, 6.45) is 1.58. The van der Waals surface area contributed by atoms with Crippen molar-refractivity contribution in [2.75, 3.05) is 45.9 Å². The number of hydrogen-bond acceptors (Lipinski definition) is 4. The number of rotatable bonds is 8. The zero-order valence-electron chi connectivity index (χ0n) is 13.9. The van der Waals surface area contributed by atoms with Gasteiger partial charge in [0.2, 0.25) is 5.91 Å². The molecule has 0 aromatic heterocycles. The number of halogens is 1. The van der Waals surface area contributed by atoms with Crippen molar-refractivity contribution in [2.45, 2.75) is 19.3 Å². The molecule has 24 heavy (non-hydrogen) atoms. The Morgan fingerprint density at radius 3 is 2.83 bits per heavy atom. The SMILES string of the molecule is N#CCCN(CCN1CCOCC1)C(=O)CCc1cccc(Br)c1. The maximum Gasteiger partial charge on any atom is 0.222 e. The maximum atomic E-state index is 12.5. The lowest BCUT2D eigenvalue weighted by Crippen LogP contribution is -2.43. The van der Waals surface area contributed by atoms with Crippen LogP contribution in [0.25, 0.3) is 0 Å². The van der Waals surface area contributed by atoms with E-state index in [1.807, 2.05) is 29.2 Å². The number of nitriles is 1. The van der Waals surface area contributed by atoms with Crippen LogP contribution in [0.15, 0.2) is 28.7 Å². The summed E-state index contributed by atoms with van der Waals surface area (Å²) >= 11 is 3.45. The Labute approximate surface area is 152 Å². The predicted octanol–water partition coefficient (Wildman–Crippen LogP) is 2.46. The monoisotopic (exact) mass is 393 g/mol. The van der Waals surface area contributed by atoms with Crippen LogP contribution >= 0.6 is 15.9 Å². The second kappa shape index (κ2) is 10.4. The number of benzene rings is 1. The molecule has 1 aliphatic rings. The number of carbonyl (C=O) groups excluding carboxylic acids is 1. The number of morpholine rings is 1. The van der Waals surface area contributed by atoms with Crippen molar-refractivity contribution in [2.24, 2.45) is 0 Å². The van der Waals surface area contributed by atoms with Gasteiger partial charge in [-0.15, -0.1) is 0 Å². The number of amides is 1. The van der Waals surface area contributed by atoms with Gasteiger partial charge in [-0.1, -0.05) is 28.1 Å². The van der Waals surface area contributed by atoms with E-state index in [0.717, 1.165) is 49.3 Å². The molecule has 0 bridgehead atoms. The molecule has 2 rings (SSSR count). The molecule has 1 aromatic carbocycles. The predicted molar refractivity (Wildman–Crippen MR) is 96.5 cm³/mol. The lowest BCUT2D eigenvalue weighted by molar-refractivity contribution is -0.131. The van der Waals surface area contributed by atoms with Gasteiger partial charge in [-0.25, -0.2) is 0 Å². The van der Waals surface area contributed by atoms with Crippen molar-refractivity contribution in [1.29, 1.82) is 5.26 Å². The van der Waals surface area contributed by atoms with Gasteiger partial charge < -0.3 is 9.64 Å². The summed E-state index contributed by atoms with van der Waals surface area (Å²) in [7, 11) is 0. The smallest absolute Gasteiger partial charge is 0.222 e. The lowest BCUT2D eigenvalue weighted by atomic mass is 10.1. The van der Waals surface area contributed by atoms with E-state index >= 15 is 0 Å². The summed E-state index contributed by atoms with van der Waals surface area (Å²) in [5, 5.41) is 8.83. The molecule has 130 valence electrons. The molecule has 5 nitrogen and oxygen atoms in total. The highest BCUT2D eigenvalue weighted by molar-refractivity contribution is 9.10. The van der Waals surface area contributed by atoms with Crippen LogP contribution in [-0.4, -0.2) is 61.6 Å². The van der Waals surface area contributed by atoms with Gasteiger partial charge in [0.05, 0.1) is 25.7 Å². The van der Waals surface area contributed by atoms with Crippen LogP contribution in [0.5, 0.6) is 0 Å². The van der Waals surface area contributed by atoms with Crippen molar-refractivity contribution in [3.63, 3.8) is 0 Å². The molecule has 0 N–H and O–H groups in total. The largest absolute Gasteiger partial charge is 0.379 e. The second-order valence-electron chi connectivity index (χ2n) is 5.87. The van der Waals surface area contributed by atoms with E-state index in [-0.39, 0.29) is 5.91 Å². The van der Waals surface area contributed by atoms with Gasteiger partial charge in [-0.05, 0) is 24.1 Å². The Bertz CT molecular complexity index is 568. The average Bonchev–Trinajstić information content (AvgIpc) is 2.61. The molecule has 1 aromatic rings. The number of carbonyl (C=O) groups is 1. The molecule has 0 spiro atoms. The van der Waals surface area contributed by atoms with Gasteiger partial charge in [0, 0.05) is 43.6 Å². The van der Waals surface area contributed by atoms with E-state index in [4.69, 9.17) is 10.00 Å². The minimum atomic E-state index is 0.124. The average molecular weight is 394 g/mol. The standard InChI is InChI=1S/C18H24BrN3O2/c19-17-4-1-3-16(15-17)5-6-18(23)22(8-2-7-20)10-9-21-11-13-24-14-12-21/h1,3-4,15H,2,5-6,8-14H2. The third kappa shape index (κ3) is 6.60. The van der Waals surface area contributed by atoms with E-state index in [2.05, 4.69) is 26.9 Å². The molecule has 1 aliphatic heterocycles. The Hall–Kier alpha value is -1.42. The number of ether oxygens (including phenoxy) is 1. The Morgan fingerprint density at radius 1 is 1.33 bits per heavy atom. The maximum absolute atomic E-state index is 12.5. The van der Waals surface area contributed by atoms with Crippen LogP contribution in [0.4, 0.5) is 0 Å². The molecule has 6 heteroatoms. The molecule has 0 radical (unpaired) electrons. The molecule has 0 aliphatic carbocycles. The normalized spacial score (nSPS) is 15.0. The fourth-order valence-electron chi connectivity index (χ4n) is 2.73. The molecule has 1 fully saturated rings. The first-order valence-electron chi connectivity index (χ1n) is 8.38. The van der Waals surface area contributed by atoms with Crippen molar-refractivity contribution < 1.29 is 9.53 Å². The molecule has 1 saturated heterocycles. The Balaban J connectivity index is 1.83. The van der Waals surface area contributed by atoms with Crippen molar-refractivity contribution in [1.82, 2.24) is 9.80 Å². The first-order valence-corrected chi connectivity index (χ1v) is 9.17. The first-order chi connectivity index (χ1) is 11.7. The first kappa shape index (κ1) is 18.9. The van der Waals surface area contributed by atoms with Gasteiger partial charge >= 0.3 is 0 Å². The third-order valence-corrected chi connectivity index (χ3v) is 4.65. The van der Waals surface area contributed by atoms with Gasteiger partial charge in [0.15, 0.2) is 0 Å². The lowest BCUT2D eigenvalue weighted by Gasteiger charge is -2.30. The van der Waals surface area contributed by atoms with E-state index in [9.17, 15) is 4.79 Å². The Kier molecular flexibility index (Phi) is 8.23. The molecular formula is C18H24BrN3O2. The van der Waals surface area contributed by atoms with E-state index in [1.165, 1.54) is 0 Å². The van der Waals surface area contributed by atoms with Gasteiger partial charge in [-0.3, -0.25) is 9.69 Å². The molecule has 0 unspecified atom stereocenters. The number of aryl methyl sites for hydroxylation is 1. The second-order valence-corrected chi connectivity index (χ2v) is 6.79. The van der Waals surface area contributed by atoms with Crippen molar-refractivity contribution >= 4 is 21.8 Å². The molecule has 0 saturated carbocycles. The quantitative estimate of drug-likeness (QED) is 0.680. The summed E-state index contributed by atoms with van der Waals surface area (Å²) in [6.45, 7) is 5.38. The summed E-state index contributed by atoms with van der Waals surface area (Å²) in [6, 6.07) is 10.2. The highest BCUT2D eigenvalue weighted by Crippen LogP contribution is 2.13. The van der Waals surface area contributed by atoms with Crippen LogP contribution in [-0.2, 0) is 16.0 Å². The minimum absolute atomic E-state index is 0.124. The van der Waals surface area contributed by atoms with E-state index in [1.54, 1.807) is 0 Å². The summed E-state index contributed by atoms with van der Waals surface area (Å²) in [5.74, 6) is 0.124. The minimum Gasteiger partial charge on any atom is -0.379 e. The molecule has 1 heterocycles. The van der Waals surface area contributed by atoms with Crippen LogP contribution in [0.1, 0.15) is 18.4 Å². The summed E-state index contributed by atoms with van der Waals surface area (Å²) in [5.41, 5.74) is 1.14. The number of nitrogens with zero attached hydrogens (tertiary/aromatic N) is 3. The highest BCUT2D eigenvalue weighted by atomic mass is 79.9. The summed E-state index contributed by atoms with van der Waals surface area (Å²) < 4.78 is 6.38. The van der Waals surface area contributed by atoms with Crippen molar-refractivity contribution in [3.8, 4) is 6.07 Å². The van der Waals surface area contributed by atoms with Gasteiger partial charge in [0.1, 0.15) is 0 Å².